The van der Waals surface area contributed by atoms with E-state index >= 15 is 0 Å². The SMILES string of the molecule is CC(=O)OCC1=C(C(=O)O)[N+]2(N)C(=O)[C@@](NC=O)(OC(=O)C(F)(F)F)[C@H]2SC1. The Morgan fingerprint density at radius 3 is 2.54 bits per heavy atom. The van der Waals surface area contributed by atoms with Crippen molar-refractivity contribution < 1.29 is 56.3 Å². The highest BCUT2D eigenvalue weighted by Gasteiger charge is 2.82. The Kier molecular flexibility index (Phi) is 5.46. The Bertz CT molecular complexity index is 800. The van der Waals surface area contributed by atoms with E-state index in [0.717, 1.165) is 6.92 Å². The van der Waals surface area contributed by atoms with Crippen LogP contribution in [-0.4, -0.2) is 69.6 Å². The quantitative estimate of drug-likeness (QED) is 0.0885. The first-order valence-corrected chi connectivity index (χ1v) is 8.32. The summed E-state index contributed by atoms with van der Waals surface area (Å²) in [6.07, 6.45) is -5.66. The number of fused-ring (bicyclic) bond motifs is 1. The number of carbonyl (C=O) groups is 5. The third kappa shape index (κ3) is 3.20. The monoisotopic (exact) mass is 428 g/mol. The number of rotatable bonds is 6. The van der Waals surface area contributed by atoms with E-state index in [-0.39, 0.29) is 17.7 Å². The van der Waals surface area contributed by atoms with Crippen molar-refractivity contribution in [2.24, 2.45) is 5.84 Å². The second kappa shape index (κ2) is 7.06. The predicted octanol–water partition coefficient (Wildman–Crippen LogP) is -1.26. The minimum absolute atomic E-state index is 0.0818. The van der Waals surface area contributed by atoms with Gasteiger partial charge in [-0.1, -0.05) is 11.8 Å². The maximum Gasteiger partial charge on any atom is 0.491 e. The van der Waals surface area contributed by atoms with Crippen LogP contribution in [0.15, 0.2) is 11.3 Å². The van der Waals surface area contributed by atoms with Gasteiger partial charge in [-0.2, -0.15) is 19.0 Å². The van der Waals surface area contributed by atoms with E-state index in [1.165, 1.54) is 0 Å². The lowest BCUT2D eigenvalue weighted by Crippen LogP contribution is -2.91. The van der Waals surface area contributed by atoms with Crippen molar-refractivity contribution in [3.8, 4) is 0 Å². The molecule has 0 aliphatic carbocycles. The Balaban J connectivity index is 2.49. The van der Waals surface area contributed by atoms with E-state index in [1.54, 1.807) is 5.32 Å². The van der Waals surface area contributed by atoms with Crippen LogP contribution in [0.3, 0.4) is 0 Å². The molecule has 3 atom stereocenters. The van der Waals surface area contributed by atoms with Gasteiger partial charge < -0.3 is 19.9 Å². The van der Waals surface area contributed by atoms with Crippen LogP contribution in [0.2, 0.25) is 0 Å². The lowest BCUT2D eigenvalue weighted by Gasteiger charge is -2.55. The molecule has 2 aliphatic rings. The van der Waals surface area contributed by atoms with E-state index in [9.17, 15) is 42.3 Å². The number of nitrogens with two attached hydrogens (primary N) is 1. The molecule has 154 valence electrons. The van der Waals surface area contributed by atoms with Gasteiger partial charge in [0.2, 0.25) is 17.5 Å². The normalized spacial score (nSPS) is 29.3. The van der Waals surface area contributed by atoms with Gasteiger partial charge in [-0.05, 0) is 0 Å². The molecule has 0 aromatic heterocycles. The fourth-order valence-corrected chi connectivity index (χ4v) is 4.29. The first-order chi connectivity index (χ1) is 12.8. The molecule has 2 amide bonds. The second-order valence-electron chi connectivity index (χ2n) is 5.67. The van der Waals surface area contributed by atoms with E-state index in [0.29, 0.717) is 11.8 Å². The van der Waals surface area contributed by atoms with Gasteiger partial charge in [0.15, 0.2) is 0 Å². The number of quaternary nitrogens is 1. The van der Waals surface area contributed by atoms with Crippen LogP contribution in [0.5, 0.6) is 0 Å². The first-order valence-electron chi connectivity index (χ1n) is 7.27. The van der Waals surface area contributed by atoms with Gasteiger partial charge in [0.25, 0.3) is 0 Å². The van der Waals surface area contributed by atoms with Crippen molar-refractivity contribution >= 4 is 42.0 Å². The number of ether oxygens (including phenoxy) is 2. The Labute approximate surface area is 158 Å². The van der Waals surface area contributed by atoms with Gasteiger partial charge in [0.1, 0.15) is 6.61 Å². The van der Waals surface area contributed by atoms with Crippen LogP contribution in [0.25, 0.3) is 0 Å². The summed E-state index contributed by atoms with van der Waals surface area (Å²) in [4.78, 5) is 57.4. The molecule has 15 heteroatoms. The minimum Gasteiger partial charge on any atom is -0.474 e. The zero-order valence-corrected chi connectivity index (χ0v) is 14.8. The summed E-state index contributed by atoms with van der Waals surface area (Å²) in [6, 6.07) is 0. The molecule has 0 radical (unpaired) electrons. The molecule has 1 saturated heterocycles. The highest BCUT2D eigenvalue weighted by atomic mass is 32.2. The van der Waals surface area contributed by atoms with E-state index < -0.39 is 58.0 Å². The van der Waals surface area contributed by atoms with Gasteiger partial charge in [-0.15, -0.1) is 4.59 Å². The van der Waals surface area contributed by atoms with Crippen LogP contribution >= 0.6 is 11.8 Å². The van der Waals surface area contributed by atoms with Gasteiger partial charge >= 0.3 is 35.7 Å². The summed E-state index contributed by atoms with van der Waals surface area (Å²) >= 11 is 0.644. The highest BCUT2D eigenvalue weighted by molar-refractivity contribution is 8.00. The molecule has 2 aliphatic heterocycles. The Morgan fingerprint density at radius 1 is 1.46 bits per heavy atom. The molecular weight excluding hydrogens is 415 g/mol. The number of alkyl halides is 3. The number of nitrogens with one attached hydrogen (secondary N) is 1. The molecule has 1 unspecified atom stereocenters. The van der Waals surface area contributed by atoms with Gasteiger partial charge in [-0.3, -0.25) is 9.59 Å². The maximum atomic E-state index is 12.7. The van der Waals surface area contributed by atoms with Gasteiger partial charge in [0.05, 0.1) is 0 Å². The number of amides is 2. The molecule has 4 N–H and O–H groups in total. The van der Waals surface area contributed by atoms with Crippen molar-refractivity contribution in [3.05, 3.63) is 11.3 Å². The van der Waals surface area contributed by atoms with Crippen molar-refractivity contribution in [1.29, 1.82) is 0 Å². The van der Waals surface area contributed by atoms with E-state index in [1.807, 2.05) is 0 Å². The molecule has 2 heterocycles. The minimum atomic E-state index is -5.48. The number of nitrogens with zero attached hydrogens (tertiary/aromatic N) is 1. The molecular formula is C13H13F3N3O8S+. The number of hydrogen-bond donors (Lipinski definition) is 3. The lowest BCUT2D eigenvalue weighted by atomic mass is 9.96. The number of halogens is 3. The molecule has 0 aromatic rings. The average Bonchev–Trinajstić information content (AvgIpc) is 2.57. The molecule has 2 rings (SSSR count). The Morgan fingerprint density at radius 2 is 2.07 bits per heavy atom. The third-order valence-electron chi connectivity index (χ3n) is 3.90. The average molecular weight is 428 g/mol. The van der Waals surface area contributed by atoms with Crippen LogP contribution in [-0.2, 0) is 33.4 Å². The molecule has 0 bridgehead atoms. The first kappa shape index (κ1) is 21.6. The topological polar surface area (TPSA) is 162 Å². The predicted molar refractivity (Wildman–Crippen MR) is 81.1 cm³/mol. The standard InChI is InChI=1S/C13H12F3N3O8S/c1-5(21)26-2-6-3-28-10-12(18-4-20,27-11(25)13(14,15)16)9(24)19(10,17)7(6)8(22)23/h4,10H,2-3,17H2,1H3,(H-,18,20,22,23)/p+1/t10-,12-,19?/m1/s1. The number of carboxylic acid groups (broad SMARTS) is 1. The lowest BCUT2D eigenvalue weighted by molar-refractivity contribution is -0.881. The van der Waals surface area contributed by atoms with Crippen LogP contribution in [0.1, 0.15) is 6.92 Å². The third-order valence-corrected chi connectivity index (χ3v) is 5.40. The zero-order valence-electron chi connectivity index (χ0n) is 13.9. The number of thioether (sulfide) groups is 1. The summed E-state index contributed by atoms with van der Waals surface area (Å²) < 4.78 is 45.1. The summed E-state index contributed by atoms with van der Waals surface area (Å²) in [5.74, 6) is -1.14. The number of esters is 2. The highest BCUT2D eigenvalue weighted by Crippen LogP contribution is 2.51. The number of aliphatic carboxylic acids is 1. The van der Waals surface area contributed by atoms with Crippen LogP contribution < -0.4 is 11.2 Å². The molecule has 0 saturated carbocycles. The number of β-lactam (4-membered cyclic amide) rings is 1. The summed E-state index contributed by atoms with van der Waals surface area (Å²) in [6.45, 7) is 0.522. The molecule has 1 fully saturated rings. The smallest absolute Gasteiger partial charge is 0.474 e. The Hall–Kier alpha value is -2.65. The fraction of sp³-hybridized carbons (Fsp3) is 0.462. The van der Waals surface area contributed by atoms with Gasteiger partial charge in [0, 0.05) is 18.2 Å². The number of carboxylic acids is 1. The molecule has 0 aromatic carbocycles. The molecule has 0 spiro atoms. The van der Waals surface area contributed by atoms with Crippen molar-refractivity contribution in [1.82, 2.24) is 5.32 Å². The second-order valence-corrected chi connectivity index (χ2v) is 6.74. The summed E-state index contributed by atoms with van der Waals surface area (Å²) in [5.41, 5.74) is -3.66. The molecule has 28 heavy (non-hydrogen) atoms. The molecule has 11 nitrogen and oxygen atoms in total. The summed E-state index contributed by atoms with van der Waals surface area (Å²) in [7, 11) is 0. The van der Waals surface area contributed by atoms with Crippen molar-refractivity contribution in [2.45, 2.75) is 24.2 Å². The van der Waals surface area contributed by atoms with Crippen molar-refractivity contribution in [3.63, 3.8) is 0 Å². The van der Waals surface area contributed by atoms with E-state index in [2.05, 4.69) is 4.74 Å². The number of carbonyl (C=O) groups excluding carboxylic acids is 4. The van der Waals surface area contributed by atoms with Gasteiger partial charge in [-0.25, -0.2) is 14.4 Å². The van der Waals surface area contributed by atoms with Crippen molar-refractivity contribution in [2.75, 3.05) is 12.4 Å². The van der Waals surface area contributed by atoms with Crippen LogP contribution in [0, 0.1) is 0 Å². The van der Waals surface area contributed by atoms with E-state index in [4.69, 9.17) is 10.6 Å². The fourth-order valence-electron chi connectivity index (χ4n) is 2.83. The number of hydrogen-bond acceptors (Lipinski definition) is 9. The zero-order chi connectivity index (χ0) is 21.5. The largest absolute Gasteiger partial charge is 0.491 e. The maximum absolute atomic E-state index is 12.7. The summed E-state index contributed by atoms with van der Waals surface area (Å²) in [5, 5.41) is 9.54. The van der Waals surface area contributed by atoms with Crippen LogP contribution in [0.4, 0.5) is 13.2 Å².